The van der Waals surface area contributed by atoms with E-state index in [1.807, 2.05) is 18.2 Å². The molecule has 0 fully saturated rings. The molecule has 0 saturated heterocycles. The van der Waals surface area contributed by atoms with Gasteiger partial charge in [0.25, 0.3) is 0 Å². The van der Waals surface area contributed by atoms with Crippen molar-refractivity contribution in [3.63, 3.8) is 0 Å². The molecule has 1 aromatic rings. The number of carbonyl (C=O) groups excluding carboxylic acids is 1. The van der Waals surface area contributed by atoms with Crippen molar-refractivity contribution in [3.8, 4) is 0 Å². The number of nitrogens with one attached hydrogen (secondary N) is 1. The number of carbonyl (C=O) groups is 1. The van der Waals surface area contributed by atoms with E-state index in [2.05, 4.69) is 37.1 Å². The Hall–Kier alpha value is -1.51. The molecule has 0 unspecified atom stereocenters. The van der Waals surface area contributed by atoms with E-state index >= 15 is 0 Å². The van der Waals surface area contributed by atoms with Gasteiger partial charge < -0.3 is 10.2 Å². The molecule has 0 bridgehead atoms. The molecule has 0 spiro atoms. The Morgan fingerprint density at radius 1 is 0.677 bits per heavy atom. The molecule has 0 atom stereocenters. The van der Waals surface area contributed by atoms with Crippen molar-refractivity contribution < 1.29 is 4.79 Å². The highest BCUT2D eigenvalue weighted by molar-refractivity contribution is 5.94. The summed E-state index contributed by atoms with van der Waals surface area (Å²) in [5, 5.41) is 3.13. The van der Waals surface area contributed by atoms with Gasteiger partial charge in [-0.05, 0) is 32.4 Å². The fraction of sp³-hybridized carbons (Fsp3) is 0.750. The van der Waals surface area contributed by atoms with Crippen molar-refractivity contribution in [2.45, 2.75) is 124 Å². The van der Waals surface area contributed by atoms with Crippen LogP contribution in [0.25, 0.3) is 0 Å². The average Bonchev–Trinajstić information content (AvgIpc) is 2.78. The highest BCUT2D eigenvalue weighted by atomic mass is 16.1. The fourth-order valence-corrected chi connectivity index (χ4v) is 4.29. The van der Waals surface area contributed by atoms with Crippen molar-refractivity contribution in [2.75, 3.05) is 23.3 Å². The molecule has 0 aliphatic carbocycles. The molecule has 1 rings (SSSR count). The third-order valence-electron chi connectivity index (χ3n) is 6.29. The van der Waals surface area contributed by atoms with Crippen LogP contribution in [0.1, 0.15) is 124 Å². The third kappa shape index (κ3) is 13.5. The van der Waals surface area contributed by atoms with Gasteiger partial charge in [0.2, 0.25) is 5.91 Å². The lowest BCUT2D eigenvalue weighted by molar-refractivity contribution is -0.116. The lowest BCUT2D eigenvalue weighted by atomic mass is 10.0. The van der Waals surface area contributed by atoms with E-state index < -0.39 is 0 Å². The molecule has 3 nitrogen and oxygen atoms in total. The lowest BCUT2D eigenvalue weighted by Gasteiger charge is -2.24. The maximum absolute atomic E-state index is 12.4. The SMILES string of the molecule is CCCCCCCCCCCCCCCCCC(=O)Nc1ccccc1N(CC)CC. The Balaban J connectivity index is 2.00. The minimum Gasteiger partial charge on any atom is -0.370 e. The van der Waals surface area contributed by atoms with Gasteiger partial charge in [-0.25, -0.2) is 0 Å². The second kappa shape index (κ2) is 19.2. The van der Waals surface area contributed by atoms with Crippen LogP contribution in [0.3, 0.4) is 0 Å². The summed E-state index contributed by atoms with van der Waals surface area (Å²) in [6, 6.07) is 8.14. The standard InChI is InChI=1S/C28H50N2O/c1-4-7-8-9-10-11-12-13-14-15-16-17-18-19-20-25-28(31)29-26-23-21-22-24-27(26)30(5-2)6-3/h21-24H,4-20,25H2,1-3H3,(H,29,31). The zero-order chi connectivity index (χ0) is 22.6. The van der Waals surface area contributed by atoms with Crippen molar-refractivity contribution in [1.29, 1.82) is 0 Å². The predicted molar refractivity (Wildman–Crippen MR) is 138 cm³/mol. The van der Waals surface area contributed by atoms with E-state index in [0.717, 1.165) is 30.9 Å². The molecule has 0 saturated carbocycles. The Kier molecular flexibility index (Phi) is 17.0. The summed E-state index contributed by atoms with van der Waals surface area (Å²) in [6.45, 7) is 8.48. The largest absolute Gasteiger partial charge is 0.370 e. The number of rotatable bonds is 20. The quantitative estimate of drug-likeness (QED) is 0.210. The molecule has 0 heterocycles. The first-order valence-electron chi connectivity index (χ1n) is 13.4. The van der Waals surface area contributed by atoms with Gasteiger partial charge in [-0.15, -0.1) is 0 Å². The summed E-state index contributed by atoms with van der Waals surface area (Å²) in [6.07, 6.45) is 20.9. The van der Waals surface area contributed by atoms with Crippen molar-refractivity contribution in [3.05, 3.63) is 24.3 Å². The van der Waals surface area contributed by atoms with Crippen LogP contribution in [0, 0.1) is 0 Å². The smallest absolute Gasteiger partial charge is 0.224 e. The highest BCUT2D eigenvalue weighted by Crippen LogP contribution is 2.25. The number of para-hydroxylation sites is 2. The van der Waals surface area contributed by atoms with Gasteiger partial charge in [0.15, 0.2) is 0 Å². The summed E-state index contributed by atoms with van der Waals surface area (Å²) in [4.78, 5) is 14.6. The number of nitrogens with zero attached hydrogens (tertiary/aromatic N) is 1. The van der Waals surface area contributed by atoms with Crippen molar-refractivity contribution in [1.82, 2.24) is 0 Å². The van der Waals surface area contributed by atoms with Gasteiger partial charge in [-0.1, -0.05) is 109 Å². The molecule has 1 amide bonds. The summed E-state index contributed by atoms with van der Waals surface area (Å²) in [5.74, 6) is 0.148. The molecule has 3 heteroatoms. The first-order chi connectivity index (χ1) is 15.2. The minimum atomic E-state index is 0.148. The van der Waals surface area contributed by atoms with E-state index in [1.54, 1.807) is 0 Å². The number of hydrogen-bond donors (Lipinski definition) is 1. The Bertz CT molecular complexity index is 554. The number of hydrogen-bond acceptors (Lipinski definition) is 2. The van der Waals surface area contributed by atoms with Crippen LogP contribution in [-0.2, 0) is 4.79 Å². The highest BCUT2D eigenvalue weighted by Gasteiger charge is 2.10. The van der Waals surface area contributed by atoms with Crippen LogP contribution < -0.4 is 10.2 Å². The molecule has 178 valence electrons. The van der Waals surface area contributed by atoms with Crippen LogP contribution in [0.15, 0.2) is 24.3 Å². The molecule has 0 aromatic heterocycles. The molecule has 1 aromatic carbocycles. The maximum atomic E-state index is 12.4. The molecule has 0 aliphatic rings. The average molecular weight is 431 g/mol. The lowest BCUT2D eigenvalue weighted by Crippen LogP contribution is -2.24. The van der Waals surface area contributed by atoms with E-state index in [1.165, 1.54) is 89.9 Å². The normalized spacial score (nSPS) is 10.9. The molecular weight excluding hydrogens is 380 g/mol. The Morgan fingerprint density at radius 3 is 1.61 bits per heavy atom. The number of unbranched alkanes of at least 4 members (excludes halogenated alkanes) is 14. The van der Waals surface area contributed by atoms with E-state index in [-0.39, 0.29) is 5.91 Å². The monoisotopic (exact) mass is 430 g/mol. The van der Waals surface area contributed by atoms with E-state index in [0.29, 0.717) is 6.42 Å². The third-order valence-corrected chi connectivity index (χ3v) is 6.29. The molecule has 1 N–H and O–H groups in total. The van der Waals surface area contributed by atoms with Crippen LogP contribution >= 0.6 is 0 Å². The van der Waals surface area contributed by atoms with Crippen LogP contribution in [-0.4, -0.2) is 19.0 Å². The summed E-state index contributed by atoms with van der Waals surface area (Å²) >= 11 is 0. The predicted octanol–water partition coefficient (Wildman–Crippen LogP) is 8.73. The van der Waals surface area contributed by atoms with Gasteiger partial charge in [0.05, 0.1) is 11.4 Å². The topological polar surface area (TPSA) is 32.3 Å². The molecule has 0 aliphatic heterocycles. The van der Waals surface area contributed by atoms with Crippen molar-refractivity contribution in [2.24, 2.45) is 0 Å². The Labute approximate surface area is 193 Å². The second-order valence-corrected chi connectivity index (χ2v) is 8.94. The van der Waals surface area contributed by atoms with Crippen LogP contribution in [0.4, 0.5) is 11.4 Å². The zero-order valence-electron chi connectivity index (χ0n) is 20.9. The minimum absolute atomic E-state index is 0.148. The number of amides is 1. The zero-order valence-corrected chi connectivity index (χ0v) is 20.9. The van der Waals surface area contributed by atoms with E-state index in [9.17, 15) is 4.79 Å². The Morgan fingerprint density at radius 2 is 1.13 bits per heavy atom. The fourth-order valence-electron chi connectivity index (χ4n) is 4.29. The van der Waals surface area contributed by atoms with Gasteiger partial charge in [0, 0.05) is 19.5 Å². The van der Waals surface area contributed by atoms with Gasteiger partial charge in [-0.2, -0.15) is 0 Å². The first-order valence-corrected chi connectivity index (χ1v) is 13.4. The molecule has 0 radical (unpaired) electrons. The van der Waals surface area contributed by atoms with Gasteiger partial charge >= 0.3 is 0 Å². The molecular formula is C28H50N2O. The summed E-state index contributed by atoms with van der Waals surface area (Å²) in [5.41, 5.74) is 2.06. The summed E-state index contributed by atoms with van der Waals surface area (Å²) < 4.78 is 0. The molecule has 31 heavy (non-hydrogen) atoms. The van der Waals surface area contributed by atoms with Crippen molar-refractivity contribution >= 4 is 17.3 Å². The van der Waals surface area contributed by atoms with Gasteiger partial charge in [0.1, 0.15) is 0 Å². The number of benzene rings is 1. The van der Waals surface area contributed by atoms with Crippen LogP contribution in [0.2, 0.25) is 0 Å². The van der Waals surface area contributed by atoms with E-state index in [4.69, 9.17) is 0 Å². The van der Waals surface area contributed by atoms with Gasteiger partial charge in [-0.3, -0.25) is 4.79 Å². The second-order valence-electron chi connectivity index (χ2n) is 8.94. The van der Waals surface area contributed by atoms with Crippen LogP contribution in [0.5, 0.6) is 0 Å². The maximum Gasteiger partial charge on any atom is 0.224 e. The summed E-state index contributed by atoms with van der Waals surface area (Å²) in [7, 11) is 0. The number of anilines is 2. The first kappa shape index (κ1) is 27.5.